The van der Waals surface area contributed by atoms with Crippen LogP contribution in [0.4, 0.5) is 0 Å². The predicted octanol–water partition coefficient (Wildman–Crippen LogP) is -0.761. The summed E-state index contributed by atoms with van der Waals surface area (Å²) in [6, 6.07) is -0.317. The van der Waals surface area contributed by atoms with E-state index >= 15 is 0 Å². The first kappa shape index (κ1) is 8.49. The molecular weight excluding hydrogens is 144 g/mol. The minimum atomic E-state index is -0.347. The Kier molecular flexibility index (Phi) is 2.15. The van der Waals surface area contributed by atoms with Crippen LogP contribution in [0.2, 0.25) is 0 Å². The molecular formula is C7H14N2O2. The number of nitrogens with one attached hydrogen (secondary N) is 1. The Labute approximate surface area is 66.1 Å². The standard InChI is InChI=1S/C7H14N2O2/c1-7(2)4-9-5(3-11-7)6(8)10/h5,9H,3-4H2,1-2H3,(H2,8,10). The minimum Gasteiger partial charge on any atom is -0.372 e. The highest BCUT2D eigenvalue weighted by atomic mass is 16.5. The first-order valence-electron chi connectivity index (χ1n) is 3.68. The Morgan fingerprint density at radius 3 is 2.73 bits per heavy atom. The summed E-state index contributed by atoms with van der Waals surface area (Å²) in [6.45, 7) is 4.98. The summed E-state index contributed by atoms with van der Waals surface area (Å²) in [6.07, 6.45) is 0. The summed E-state index contributed by atoms with van der Waals surface area (Å²) in [5.74, 6) is -0.347. The number of amides is 1. The van der Waals surface area contributed by atoms with Gasteiger partial charge in [0, 0.05) is 6.54 Å². The Morgan fingerprint density at radius 1 is 1.73 bits per heavy atom. The Bertz CT molecular complexity index is 158. The van der Waals surface area contributed by atoms with Crippen LogP contribution in [0, 0.1) is 0 Å². The van der Waals surface area contributed by atoms with Crippen molar-refractivity contribution in [2.24, 2.45) is 5.73 Å². The van der Waals surface area contributed by atoms with Crippen LogP contribution >= 0.6 is 0 Å². The van der Waals surface area contributed by atoms with Crippen molar-refractivity contribution >= 4 is 5.91 Å². The van der Waals surface area contributed by atoms with Crippen molar-refractivity contribution in [3.63, 3.8) is 0 Å². The van der Waals surface area contributed by atoms with Gasteiger partial charge in [0.2, 0.25) is 5.91 Å². The minimum absolute atomic E-state index is 0.175. The number of morpholine rings is 1. The molecule has 1 rings (SSSR count). The zero-order valence-corrected chi connectivity index (χ0v) is 6.89. The van der Waals surface area contributed by atoms with Gasteiger partial charge in [-0.2, -0.15) is 0 Å². The highest BCUT2D eigenvalue weighted by Gasteiger charge is 2.29. The number of carbonyl (C=O) groups is 1. The Balaban J connectivity index is 2.42. The van der Waals surface area contributed by atoms with E-state index in [-0.39, 0.29) is 17.6 Å². The zero-order valence-electron chi connectivity index (χ0n) is 6.89. The summed E-state index contributed by atoms with van der Waals surface area (Å²) in [5, 5.41) is 3.01. The molecule has 1 fully saturated rings. The Morgan fingerprint density at radius 2 is 2.36 bits per heavy atom. The average molecular weight is 158 g/mol. The molecule has 0 aromatic heterocycles. The lowest BCUT2D eigenvalue weighted by molar-refractivity contribution is -0.127. The molecule has 0 aliphatic carbocycles. The number of ether oxygens (including phenoxy) is 1. The van der Waals surface area contributed by atoms with Gasteiger partial charge in [0.25, 0.3) is 0 Å². The molecule has 4 heteroatoms. The molecule has 1 heterocycles. The van der Waals surface area contributed by atoms with E-state index in [0.29, 0.717) is 13.2 Å². The van der Waals surface area contributed by atoms with Crippen LogP contribution in [0.5, 0.6) is 0 Å². The smallest absolute Gasteiger partial charge is 0.236 e. The molecule has 1 unspecified atom stereocenters. The van der Waals surface area contributed by atoms with E-state index in [4.69, 9.17) is 10.5 Å². The van der Waals surface area contributed by atoms with Gasteiger partial charge in [-0.25, -0.2) is 0 Å². The van der Waals surface area contributed by atoms with Gasteiger partial charge in [-0.1, -0.05) is 0 Å². The van der Waals surface area contributed by atoms with Gasteiger partial charge in [-0.15, -0.1) is 0 Å². The molecule has 0 aromatic rings. The van der Waals surface area contributed by atoms with Crippen LogP contribution in [-0.2, 0) is 9.53 Å². The van der Waals surface area contributed by atoms with Crippen LogP contribution in [0.1, 0.15) is 13.8 Å². The second-order valence-corrected chi connectivity index (χ2v) is 3.41. The van der Waals surface area contributed by atoms with Gasteiger partial charge < -0.3 is 15.8 Å². The van der Waals surface area contributed by atoms with E-state index < -0.39 is 0 Å². The van der Waals surface area contributed by atoms with Gasteiger partial charge in [-0.05, 0) is 13.8 Å². The number of carbonyl (C=O) groups excluding carboxylic acids is 1. The lowest BCUT2D eigenvalue weighted by Crippen LogP contribution is -2.56. The lowest BCUT2D eigenvalue weighted by Gasteiger charge is -2.34. The van der Waals surface area contributed by atoms with E-state index in [0.717, 1.165) is 0 Å². The monoisotopic (exact) mass is 158 g/mol. The van der Waals surface area contributed by atoms with Gasteiger partial charge in [0.1, 0.15) is 6.04 Å². The molecule has 3 N–H and O–H groups in total. The van der Waals surface area contributed by atoms with E-state index in [1.807, 2.05) is 13.8 Å². The maximum Gasteiger partial charge on any atom is 0.236 e. The fraction of sp³-hybridized carbons (Fsp3) is 0.857. The van der Waals surface area contributed by atoms with Gasteiger partial charge in [0.05, 0.1) is 12.2 Å². The molecule has 11 heavy (non-hydrogen) atoms. The van der Waals surface area contributed by atoms with Gasteiger partial charge in [-0.3, -0.25) is 4.79 Å². The third kappa shape index (κ3) is 2.17. The van der Waals surface area contributed by atoms with Crippen molar-refractivity contribution < 1.29 is 9.53 Å². The third-order valence-corrected chi connectivity index (χ3v) is 1.76. The van der Waals surface area contributed by atoms with E-state index in [1.165, 1.54) is 0 Å². The van der Waals surface area contributed by atoms with E-state index in [1.54, 1.807) is 0 Å². The quantitative estimate of drug-likeness (QED) is 0.527. The molecule has 0 spiro atoms. The second-order valence-electron chi connectivity index (χ2n) is 3.41. The van der Waals surface area contributed by atoms with Crippen LogP contribution in [0.25, 0.3) is 0 Å². The van der Waals surface area contributed by atoms with Crippen LogP contribution in [0.15, 0.2) is 0 Å². The SMILES string of the molecule is CC1(C)CNC(C(N)=O)CO1. The molecule has 1 atom stereocenters. The molecule has 1 aliphatic heterocycles. The fourth-order valence-corrected chi connectivity index (χ4v) is 0.971. The molecule has 1 saturated heterocycles. The van der Waals surface area contributed by atoms with Gasteiger partial charge >= 0.3 is 0 Å². The van der Waals surface area contributed by atoms with Crippen molar-refractivity contribution in [2.45, 2.75) is 25.5 Å². The predicted molar refractivity (Wildman–Crippen MR) is 41.0 cm³/mol. The van der Waals surface area contributed by atoms with Crippen LogP contribution in [0.3, 0.4) is 0 Å². The summed E-state index contributed by atoms with van der Waals surface area (Å²) < 4.78 is 5.38. The van der Waals surface area contributed by atoms with E-state index in [9.17, 15) is 4.79 Å². The number of hydrogen-bond donors (Lipinski definition) is 2. The van der Waals surface area contributed by atoms with Crippen molar-refractivity contribution in [3.8, 4) is 0 Å². The van der Waals surface area contributed by atoms with Crippen molar-refractivity contribution in [1.29, 1.82) is 0 Å². The van der Waals surface area contributed by atoms with Crippen LogP contribution < -0.4 is 11.1 Å². The molecule has 64 valence electrons. The zero-order chi connectivity index (χ0) is 8.48. The molecule has 0 radical (unpaired) electrons. The first-order chi connectivity index (χ1) is 5.01. The maximum atomic E-state index is 10.6. The molecule has 0 saturated carbocycles. The molecule has 4 nitrogen and oxygen atoms in total. The first-order valence-corrected chi connectivity index (χ1v) is 3.68. The summed E-state index contributed by atoms with van der Waals surface area (Å²) >= 11 is 0. The molecule has 1 amide bonds. The molecule has 0 bridgehead atoms. The van der Waals surface area contributed by atoms with Crippen LogP contribution in [-0.4, -0.2) is 30.7 Å². The summed E-state index contributed by atoms with van der Waals surface area (Å²) in [4.78, 5) is 10.6. The normalized spacial score (nSPS) is 29.8. The van der Waals surface area contributed by atoms with Crippen molar-refractivity contribution in [2.75, 3.05) is 13.2 Å². The average Bonchev–Trinajstić information content (AvgIpc) is 1.86. The topological polar surface area (TPSA) is 64.3 Å². The lowest BCUT2D eigenvalue weighted by atomic mass is 10.1. The van der Waals surface area contributed by atoms with Gasteiger partial charge in [0.15, 0.2) is 0 Å². The second kappa shape index (κ2) is 2.79. The fourth-order valence-electron chi connectivity index (χ4n) is 0.971. The summed E-state index contributed by atoms with van der Waals surface area (Å²) in [7, 11) is 0. The number of rotatable bonds is 1. The number of hydrogen-bond acceptors (Lipinski definition) is 3. The number of nitrogens with two attached hydrogens (primary N) is 1. The highest BCUT2D eigenvalue weighted by Crippen LogP contribution is 2.12. The van der Waals surface area contributed by atoms with Crippen molar-refractivity contribution in [3.05, 3.63) is 0 Å². The third-order valence-electron chi connectivity index (χ3n) is 1.76. The van der Waals surface area contributed by atoms with Crippen molar-refractivity contribution in [1.82, 2.24) is 5.32 Å². The number of primary amides is 1. The molecule has 1 aliphatic rings. The summed E-state index contributed by atoms with van der Waals surface area (Å²) in [5.41, 5.74) is 4.90. The Hall–Kier alpha value is -0.610. The highest BCUT2D eigenvalue weighted by molar-refractivity contribution is 5.80. The largest absolute Gasteiger partial charge is 0.372 e. The molecule has 0 aromatic carbocycles. The maximum absolute atomic E-state index is 10.6. The van der Waals surface area contributed by atoms with E-state index in [2.05, 4.69) is 5.32 Å².